The quantitative estimate of drug-likeness (QED) is 0.649. The predicted octanol–water partition coefficient (Wildman–Crippen LogP) is 4.53. The first-order valence-electron chi connectivity index (χ1n) is 6.71. The Bertz CT molecular complexity index is 196. The third-order valence-corrected chi connectivity index (χ3v) is 4.07. The van der Waals surface area contributed by atoms with Crippen molar-refractivity contribution in [2.45, 2.75) is 65.2 Å². The summed E-state index contributed by atoms with van der Waals surface area (Å²) in [6, 6.07) is 2.42. The number of rotatable bonds is 5. The molecule has 0 saturated heterocycles. The second-order valence-electron chi connectivity index (χ2n) is 5.05. The lowest BCUT2D eigenvalue weighted by Crippen LogP contribution is -2.21. The Hall–Kier alpha value is -0.510. The number of nitrogens with zero attached hydrogens (tertiary/aromatic N) is 1. The minimum Gasteiger partial charge on any atom is -0.198 e. The first-order valence-corrected chi connectivity index (χ1v) is 6.71. The molecule has 0 radical (unpaired) electrons. The summed E-state index contributed by atoms with van der Waals surface area (Å²) in [5, 5.41) is 8.86. The van der Waals surface area contributed by atoms with Gasteiger partial charge in [-0.05, 0) is 37.5 Å². The lowest BCUT2D eigenvalue weighted by Gasteiger charge is -2.31. The molecule has 1 rings (SSSR count). The van der Waals surface area contributed by atoms with E-state index in [4.69, 9.17) is 5.26 Å². The summed E-state index contributed by atoms with van der Waals surface area (Å²) in [6.07, 6.45) is 10.4. The first kappa shape index (κ1) is 12.6. The van der Waals surface area contributed by atoms with Gasteiger partial charge in [-0.25, -0.2) is 0 Å². The van der Waals surface area contributed by atoms with Crippen LogP contribution < -0.4 is 0 Å². The molecule has 1 saturated carbocycles. The van der Waals surface area contributed by atoms with Gasteiger partial charge in [0.25, 0.3) is 0 Å². The summed E-state index contributed by atoms with van der Waals surface area (Å²) in [5.74, 6) is 2.22. The van der Waals surface area contributed by atoms with Crippen molar-refractivity contribution < 1.29 is 0 Å². The zero-order valence-electron chi connectivity index (χ0n) is 10.3. The molecule has 0 aromatic carbocycles. The van der Waals surface area contributed by atoms with Crippen molar-refractivity contribution in [1.82, 2.24) is 0 Å². The van der Waals surface area contributed by atoms with E-state index in [1.54, 1.807) is 0 Å². The van der Waals surface area contributed by atoms with E-state index in [0.717, 1.165) is 24.7 Å². The molecule has 0 N–H and O–H groups in total. The zero-order valence-corrected chi connectivity index (χ0v) is 10.3. The maximum Gasteiger partial charge on any atom is 0.0655 e. The summed E-state index contributed by atoms with van der Waals surface area (Å²) < 4.78 is 0. The van der Waals surface area contributed by atoms with E-state index in [9.17, 15) is 0 Å². The van der Waals surface area contributed by atoms with Gasteiger partial charge in [-0.2, -0.15) is 5.26 Å². The molecule has 1 aliphatic rings. The van der Waals surface area contributed by atoms with Gasteiger partial charge < -0.3 is 0 Å². The van der Waals surface area contributed by atoms with E-state index < -0.39 is 0 Å². The van der Waals surface area contributed by atoms with Crippen molar-refractivity contribution in [2.75, 3.05) is 0 Å². The molecule has 1 aliphatic carbocycles. The summed E-state index contributed by atoms with van der Waals surface area (Å²) >= 11 is 0. The van der Waals surface area contributed by atoms with Crippen LogP contribution in [0.5, 0.6) is 0 Å². The van der Waals surface area contributed by atoms with Gasteiger partial charge in [-0.1, -0.05) is 39.5 Å². The van der Waals surface area contributed by atoms with E-state index in [-0.39, 0.29) is 0 Å². The normalized spacial score (nSPS) is 28.3. The second kappa shape index (κ2) is 6.88. The largest absolute Gasteiger partial charge is 0.198 e. The van der Waals surface area contributed by atoms with Gasteiger partial charge >= 0.3 is 0 Å². The highest BCUT2D eigenvalue weighted by Crippen LogP contribution is 2.36. The van der Waals surface area contributed by atoms with E-state index in [1.165, 1.54) is 38.5 Å². The molecule has 1 fully saturated rings. The highest BCUT2D eigenvalue weighted by atomic mass is 14.3. The summed E-state index contributed by atoms with van der Waals surface area (Å²) in [5.41, 5.74) is 0. The minimum absolute atomic E-state index is 0.366. The Morgan fingerprint density at radius 2 is 1.87 bits per heavy atom. The van der Waals surface area contributed by atoms with Gasteiger partial charge in [0.1, 0.15) is 0 Å². The van der Waals surface area contributed by atoms with Crippen molar-refractivity contribution in [2.24, 2.45) is 17.8 Å². The lowest BCUT2D eigenvalue weighted by atomic mass is 9.74. The Labute approximate surface area is 94.9 Å². The summed E-state index contributed by atoms with van der Waals surface area (Å²) in [4.78, 5) is 0. The van der Waals surface area contributed by atoms with Gasteiger partial charge in [0, 0.05) is 5.92 Å². The molecule has 1 heteroatoms. The van der Waals surface area contributed by atoms with Gasteiger partial charge in [0.05, 0.1) is 6.07 Å². The molecule has 1 unspecified atom stereocenters. The van der Waals surface area contributed by atoms with Crippen LogP contribution in [0.1, 0.15) is 65.2 Å². The monoisotopic (exact) mass is 207 g/mol. The molecular formula is C14H25N. The van der Waals surface area contributed by atoms with Gasteiger partial charge in [-0.3, -0.25) is 0 Å². The van der Waals surface area contributed by atoms with Crippen LogP contribution in [0.4, 0.5) is 0 Å². The number of nitriles is 1. The van der Waals surface area contributed by atoms with Gasteiger partial charge in [0.2, 0.25) is 0 Å². The number of hydrogen-bond donors (Lipinski definition) is 0. The van der Waals surface area contributed by atoms with Gasteiger partial charge in [0.15, 0.2) is 0 Å². The molecule has 0 spiro atoms. The number of hydrogen-bond acceptors (Lipinski definition) is 1. The molecule has 1 nitrogen and oxygen atoms in total. The van der Waals surface area contributed by atoms with E-state index in [2.05, 4.69) is 19.9 Å². The molecular weight excluding hydrogens is 182 g/mol. The van der Waals surface area contributed by atoms with Crippen molar-refractivity contribution in [3.05, 3.63) is 0 Å². The topological polar surface area (TPSA) is 23.8 Å². The SMILES string of the molecule is CCCCC(CC)C1CCC(C#N)CC1. The Balaban J connectivity index is 2.33. The smallest absolute Gasteiger partial charge is 0.0655 e. The van der Waals surface area contributed by atoms with Crippen LogP contribution in [0.2, 0.25) is 0 Å². The van der Waals surface area contributed by atoms with Crippen molar-refractivity contribution in [3.63, 3.8) is 0 Å². The lowest BCUT2D eigenvalue weighted by molar-refractivity contribution is 0.207. The minimum atomic E-state index is 0.366. The van der Waals surface area contributed by atoms with Crippen molar-refractivity contribution >= 4 is 0 Å². The van der Waals surface area contributed by atoms with Crippen LogP contribution in [0.25, 0.3) is 0 Å². The summed E-state index contributed by atoms with van der Waals surface area (Å²) in [7, 11) is 0. The van der Waals surface area contributed by atoms with Crippen LogP contribution in [0.3, 0.4) is 0 Å². The van der Waals surface area contributed by atoms with Gasteiger partial charge in [-0.15, -0.1) is 0 Å². The Morgan fingerprint density at radius 1 is 1.20 bits per heavy atom. The standard InChI is InChI=1S/C14H25N/c1-3-5-6-13(4-2)14-9-7-12(11-15)8-10-14/h12-14H,3-10H2,1-2H3. The third kappa shape index (κ3) is 3.86. The molecule has 0 aliphatic heterocycles. The van der Waals surface area contributed by atoms with Crippen LogP contribution in [-0.4, -0.2) is 0 Å². The fourth-order valence-electron chi connectivity index (χ4n) is 2.96. The van der Waals surface area contributed by atoms with Crippen molar-refractivity contribution in [1.29, 1.82) is 5.26 Å². The van der Waals surface area contributed by atoms with E-state index in [0.29, 0.717) is 5.92 Å². The molecule has 1 atom stereocenters. The van der Waals surface area contributed by atoms with Crippen molar-refractivity contribution in [3.8, 4) is 6.07 Å². The highest BCUT2D eigenvalue weighted by Gasteiger charge is 2.25. The molecule has 0 heterocycles. The van der Waals surface area contributed by atoms with E-state index in [1.807, 2.05) is 0 Å². The third-order valence-electron chi connectivity index (χ3n) is 4.07. The van der Waals surface area contributed by atoms with Crippen LogP contribution in [0, 0.1) is 29.1 Å². The average molecular weight is 207 g/mol. The Morgan fingerprint density at radius 3 is 2.33 bits per heavy atom. The molecule has 0 amide bonds. The molecule has 0 bridgehead atoms. The molecule has 15 heavy (non-hydrogen) atoms. The average Bonchev–Trinajstić information content (AvgIpc) is 2.31. The first-order chi connectivity index (χ1) is 7.31. The van der Waals surface area contributed by atoms with Crippen LogP contribution in [-0.2, 0) is 0 Å². The highest BCUT2D eigenvalue weighted by molar-refractivity contribution is 4.88. The maximum atomic E-state index is 8.86. The fourth-order valence-corrected chi connectivity index (χ4v) is 2.96. The zero-order chi connectivity index (χ0) is 11.1. The second-order valence-corrected chi connectivity index (χ2v) is 5.05. The molecule has 86 valence electrons. The van der Waals surface area contributed by atoms with Crippen LogP contribution in [0.15, 0.2) is 0 Å². The Kier molecular flexibility index (Phi) is 5.76. The number of unbranched alkanes of at least 4 members (excludes halogenated alkanes) is 1. The molecule has 0 aromatic heterocycles. The predicted molar refractivity (Wildman–Crippen MR) is 64.4 cm³/mol. The maximum absolute atomic E-state index is 8.86. The van der Waals surface area contributed by atoms with Crippen LogP contribution >= 0.6 is 0 Å². The fraction of sp³-hybridized carbons (Fsp3) is 0.929. The summed E-state index contributed by atoms with van der Waals surface area (Å²) in [6.45, 7) is 4.61. The molecule has 0 aromatic rings. The van der Waals surface area contributed by atoms with E-state index >= 15 is 0 Å².